The monoisotopic (exact) mass is 295 g/mol. The van der Waals surface area contributed by atoms with Crippen LogP contribution in [0.1, 0.15) is 5.56 Å². The van der Waals surface area contributed by atoms with Crippen molar-refractivity contribution < 1.29 is 4.79 Å². The third-order valence-electron chi connectivity index (χ3n) is 3.66. The molecule has 0 aliphatic carbocycles. The lowest BCUT2D eigenvalue weighted by Gasteiger charge is -2.29. The highest BCUT2D eigenvalue weighted by Crippen LogP contribution is 2.10. The Balaban J connectivity index is 1.75. The maximum atomic E-state index is 12.1. The topological polar surface area (TPSA) is 35.6 Å². The summed E-state index contributed by atoms with van der Waals surface area (Å²) in [6, 6.07) is 7.46. The highest BCUT2D eigenvalue weighted by molar-refractivity contribution is 6.30. The summed E-state index contributed by atoms with van der Waals surface area (Å²) in [6.07, 6.45) is 0.440. The molecule has 0 aromatic heterocycles. The number of benzene rings is 1. The van der Waals surface area contributed by atoms with Crippen LogP contribution in [0, 0.1) is 0 Å². The molecule has 1 aromatic rings. The van der Waals surface area contributed by atoms with Gasteiger partial charge in [-0.05, 0) is 17.7 Å². The van der Waals surface area contributed by atoms with Crippen LogP contribution >= 0.6 is 11.6 Å². The quantitative estimate of drug-likeness (QED) is 0.888. The molecule has 2 rings (SSSR count). The Morgan fingerprint density at radius 1 is 1.30 bits per heavy atom. The fourth-order valence-corrected chi connectivity index (χ4v) is 2.39. The number of carbonyl (C=O) groups is 1. The van der Waals surface area contributed by atoms with Gasteiger partial charge >= 0.3 is 0 Å². The lowest BCUT2D eigenvalue weighted by Crippen LogP contribution is -2.46. The van der Waals surface area contributed by atoms with Crippen molar-refractivity contribution in [2.75, 3.05) is 46.3 Å². The Hall–Kier alpha value is -1.10. The highest BCUT2D eigenvalue weighted by atomic mass is 35.5. The molecule has 0 spiro atoms. The highest BCUT2D eigenvalue weighted by Gasteiger charge is 2.13. The molecule has 1 aromatic carbocycles. The molecule has 0 radical (unpaired) electrons. The second kappa shape index (κ2) is 7.62. The van der Waals surface area contributed by atoms with Crippen molar-refractivity contribution in [3.8, 4) is 0 Å². The molecule has 1 fully saturated rings. The van der Waals surface area contributed by atoms with Gasteiger partial charge in [0, 0.05) is 51.3 Å². The number of hydrogen-bond donors (Lipinski definition) is 1. The van der Waals surface area contributed by atoms with E-state index < -0.39 is 0 Å². The number of nitrogens with zero attached hydrogens (tertiary/aromatic N) is 2. The molecule has 0 atom stereocenters. The zero-order valence-corrected chi connectivity index (χ0v) is 12.7. The van der Waals surface area contributed by atoms with E-state index in [1.807, 2.05) is 36.2 Å². The smallest absolute Gasteiger partial charge is 0.226 e. The first kappa shape index (κ1) is 15.3. The molecule has 1 amide bonds. The van der Waals surface area contributed by atoms with Gasteiger partial charge in [-0.15, -0.1) is 0 Å². The fraction of sp³-hybridized carbons (Fsp3) is 0.533. The van der Waals surface area contributed by atoms with Crippen LogP contribution in [0.3, 0.4) is 0 Å². The van der Waals surface area contributed by atoms with Gasteiger partial charge in [-0.2, -0.15) is 0 Å². The molecule has 0 bridgehead atoms. The van der Waals surface area contributed by atoms with Crippen molar-refractivity contribution in [2.45, 2.75) is 6.42 Å². The van der Waals surface area contributed by atoms with Gasteiger partial charge in [0.05, 0.1) is 6.42 Å². The molecule has 1 N–H and O–H groups in total. The Kier molecular flexibility index (Phi) is 5.83. The van der Waals surface area contributed by atoms with E-state index in [4.69, 9.17) is 11.6 Å². The van der Waals surface area contributed by atoms with Crippen LogP contribution in [0.15, 0.2) is 24.3 Å². The zero-order valence-electron chi connectivity index (χ0n) is 11.9. The second-order valence-corrected chi connectivity index (χ2v) is 5.65. The van der Waals surface area contributed by atoms with Gasteiger partial charge in [0.15, 0.2) is 0 Å². The molecule has 1 heterocycles. The van der Waals surface area contributed by atoms with Crippen molar-refractivity contribution in [1.29, 1.82) is 0 Å². The minimum absolute atomic E-state index is 0.155. The molecule has 110 valence electrons. The van der Waals surface area contributed by atoms with Crippen LogP contribution < -0.4 is 5.32 Å². The molecule has 1 saturated heterocycles. The summed E-state index contributed by atoms with van der Waals surface area (Å²) in [5, 5.41) is 4.03. The summed E-state index contributed by atoms with van der Waals surface area (Å²) >= 11 is 5.84. The minimum atomic E-state index is 0.155. The van der Waals surface area contributed by atoms with Crippen LogP contribution in [0.25, 0.3) is 0 Å². The Morgan fingerprint density at radius 2 is 1.95 bits per heavy atom. The first-order valence-electron chi connectivity index (χ1n) is 7.06. The minimum Gasteiger partial charge on any atom is -0.344 e. The van der Waals surface area contributed by atoms with Crippen molar-refractivity contribution in [2.24, 2.45) is 0 Å². The van der Waals surface area contributed by atoms with Gasteiger partial charge in [0.1, 0.15) is 0 Å². The second-order valence-electron chi connectivity index (χ2n) is 5.21. The molecule has 0 saturated carbocycles. The molecular weight excluding hydrogens is 274 g/mol. The average molecular weight is 296 g/mol. The summed E-state index contributed by atoms with van der Waals surface area (Å²) < 4.78 is 0. The first-order valence-corrected chi connectivity index (χ1v) is 7.44. The average Bonchev–Trinajstić information content (AvgIpc) is 2.48. The molecule has 20 heavy (non-hydrogen) atoms. The molecule has 0 unspecified atom stereocenters. The zero-order chi connectivity index (χ0) is 14.4. The summed E-state index contributed by atoms with van der Waals surface area (Å²) in [5.41, 5.74) is 1.01. The number of carbonyl (C=O) groups excluding carboxylic acids is 1. The normalized spacial score (nSPS) is 16.1. The maximum Gasteiger partial charge on any atom is 0.226 e. The Morgan fingerprint density at radius 3 is 2.60 bits per heavy atom. The van der Waals surface area contributed by atoms with Gasteiger partial charge < -0.3 is 10.2 Å². The number of amides is 1. The number of likely N-dealkylation sites (N-methyl/N-ethyl adjacent to an activating group) is 1. The molecule has 1 aliphatic rings. The molecule has 5 heteroatoms. The van der Waals surface area contributed by atoms with E-state index >= 15 is 0 Å². The van der Waals surface area contributed by atoms with Crippen LogP contribution in [0.4, 0.5) is 0 Å². The lowest BCUT2D eigenvalue weighted by molar-refractivity contribution is -0.129. The number of hydrogen-bond acceptors (Lipinski definition) is 3. The van der Waals surface area contributed by atoms with E-state index in [1.54, 1.807) is 0 Å². The number of nitrogens with one attached hydrogen (secondary N) is 1. The van der Waals surface area contributed by atoms with Gasteiger partial charge in [-0.25, -0.2) is 0 Å². The van der Waals surface area contributed by atoms with E-state index in [1.165, 1.54) is 0 Å². The SMILES string of the molecule is CN(CCN1CCNCC1)C(=O)Cc1ccc(Cl)cc1. The number of halogens is 1. The van der Waals surface area contributed by atoms with Crippen molar-refractivity contribution in [3.05, 3.63) is 34.9 Å². The van der Waals surface area contributed by atoms with Gasteiger partial charge in [0.2, 0.25) is 5.91 Å². The largest absolute Gasteiger partial charge is 0.344 e. The van der Waals surface area contributed by atoms with Crippen molar-refractivity contribution in [3.63, 3.8) is 0 Å². The van der Waals surface area contributed by atoms with Crippen LogP contribution in [-0.2, 0) is 11.2 Å². The number of rotatable bonds is 5. The molecular formula is C15H22ClN3O. The molecule has 4 nitrogen and oxygen atoms in total. The van der Waals surface area contributed by atoms with Crippen molar-refractivity contribution in [1.82, 2.24) is 15.1 Å². The van der Waals surface area contributed by atoms with Crippen LogP contribution in [-0.4, -0.2) is 62.0 Å². The van der Waals surface area contributed by atoms with Crippen molar-refractivity contribution >= 4 is 17.5 Å². The van der Waals surface area contributed by atoms with Crippen LogP contribution in [0.2, 0.25) is 5.02 Å². The summed E-state index contributed by atoms with van der Waals surface area (Å²) in [5.74, 6) is 0.155. The first-order chi connectivity index (χ1) is 9.65. The fourth-order valence-electron chi connectivity index (χ4n) is 2.26. The van der Waals surface area contributed by atoms with E-state index in [0.29, 0.717) is 11.4 Å². The lowest BCUT2D eigenvalue weighted by atomic mass is 10.1. The number of piperazine rings is 1. The van der Waals surface area contributed by atoms with Gasteiger partial charge in [0.25, 0.3) is 0 Å². The summed E-state index contributed by atoms with van der Waals surface area (Å²) in [6.45, 7) is 5.96. The predicted octanol–water partition coefficient (Wildman–Crippen LogP) is 1.25. The molecule has 1 aliphatic heterocycles. The predicted molar refractivity (Wildman–Crippen MR) is 82.1 cm³/mol. The van der Waals surface area contributed by atoms with E-state index in [-0.39, 0.29) is 5.91 Å². The standard InChI is InChI=1S/C15H22ClN3O/c1-18(10-11-19-8-6-17-7-9-19)15(20)12-13-2-4-14(16)5-3-13/h2-5,17H,6-12H2,1H3. The summed E-state index contributed by atoms with van der Waals surface area (Å²) in [7, 11) is 1.88. The summed E-state index contributed by atoms with van der Waals surface area (Å²) in [4.78, 5) is 16.3. The Labute approximate surface area is 125 Å². The van der Waals surface area contributed by atoms with E-state index in [2.05, 4.69) is 10.2 Å². The third-order valence-corrected chi connectivity index (χ3v) is 3.91. The Bertz CT molecular complexity index is 429. The third kappa shape index (κ3) is 4.78. The van der Waals surface area contributed by atoms with E-state index in [9.17, 15) is 4.79 Å². The van der Waals surface area contributed by atoms with Gasteiger partial charge in [-0.3, -0.25) is 9.69 Å². The van der Waals surface area contributed by atoms with Gasteiger partial charge in [-0.1, -0.05) is 23.7 Å². The maximum absolute atomic E-state index is 12.1. The van der Waals surface area contributed by atoms with Crippen LogP contribution in [0.5, 0.6) is 0 Å². The van der Waals surface area contributed by atoms with E-state index in [0.717, 1.165) is 44.8 Å².